The first-order chi connectivity index (χ1) is 33.7. The van der Waals surface area contributed by atoms with Crippen LogP contribution in [0.4, 0.5) is 0 Å². The smallest absolute Gasteiger partial charge is 0.330 e. The van der Waals surface area contributed by atoms with Crippen LogP contribution in [0.15, 0.2) is 109 Å². The molecule has 3 heterocycles. The van der Waals surface area contributed by atoms with Gasteiger partial charge in [-0.15, -0.1) is 0 Å². The number of fused-ring (bicyclic) bond motifs is 14. The molecule has 0 N–H and O–H groups in total. The van der Waals surface area contributed by atoms with E-state index in [0.717, 1.165) is 0 Å². The van der Waals surface area contributed by atoms with Crippen LogP contribution < -0.4 is 21.9 Å². The van der Waals surface area contributed by atoms with Gasteiger partial charge < -0.3 is 4.48 Å². The van der Waals surface area contributed by atoms with Crippen LogP contribution in [0.5, 0.6) is 0 Å². The van der Waals surface area contributed by atoms with Gasteiger partial charge in [0.1, 0.15) is 0 Å². The molecule has 0 fully saturated rings. The number of aromatic nitrogens is 1. The van der Waals surface area contributed by atoms with E-state index in [4.69, 9.17) is 0 Å². The van der Waals surface area contributed by atoms with Crippen LogP contribution >= 0.6 is 0 Å². The fourth-order valence-electron chi connectivity index (χ4n) is 14.3. The lowest BCUT2D eigenvalue weighted by Gasteiger charge is -2.40. The Kier molecular flexibility index (Phi) is 9.96. The van der Waals surface area contributed by atoms with E-state index in [1.165, 1.54) is 155 Å². The molecule has 12 rings (SSSR count). The molecule has 2 aliphatic heterocycles. The van der Waals surface area contributed by atoms with Gasteiger partial charge in [0.2, 0.25) is 6.71 Å². The van der Waals surface area contributed by atoms with Crippen molar-refractivity contribution < 1.29 is 0 Å². The molecule has 0 saturated heterocycles. The quantitative estimate of drug-likeness (QED) is 0.152. The van der Waals surface area contributed by atoms with Crippen molar-refractivity contribution in [2.45, 2.75) is 152 Å². The van der Waals surface area contributed by atoms with Crippen molar-refractivity contribution in [1.82, 2.24) is 4.48 Å². The minimum atomic E-state index is -0.0949. The lowest BCUT2D eigenvalue weighted by Crippen LogP contribution is -2.57. The fraction of sp³-hybridized carbons (Fsp3) is 0.333. The van der Waals surface area contributed by atoms with Crippen molar-refractivity contribution in [3.8, 4) is 33.4 Å². The molecule has 9 aromatic rings. The maximum atomic E-state index is 2.81. The first-order valence-corrected chi connectivity index (χ1v) is 26.9. The number of rotatable bonds is 2. The first kappa shape index (κ1) is 47.0. The molecule has 72 heavy (non-hydrogen) atoms. The van der Waals surface area contributed by atoms with Gasteiger partial charge >= 0.3 is 6.85 Å². The zero-order valence-electron chi connectivity index (χ0n) is 46.6. The standard InChI is InChI=1S/C69H73B2N/c1-37-27-39(3)60(40(4)28-37)70-62-49-25-23-43(66(7,8)9)31-50(49)52-33-45(68(13,14)15)35-54(57(52)62)58-59-55-36-46(69(16,17)18)34-53-51-32-44(67(10,11)12)24-26-56(51)72(65(53)55)71(61-41(5)29-38(2)30-42(61)6)64(59)48-22-20-19-21-47(48)63(58)70/h19-36,62H,1-18H3. The molecule has 0 amide bonds. The van der Waals surface area contributed by atoms with Gasteiger partial charge in [0.15, 0.2) is 0 Å². The second kappa shape index (κ2) is 15.3. The van der Waals surface area contributed by atoms with E-state index >= 15 is 0 Å². The third-order valence-corrected chi connectivity index (χ3v) is 17.6. The summed E-state index contributed by atoms with van der Waals surface area (Å²) in [5.41, 5.74) is 33.5. The van der Waals surface area contributed by atoms with Crippen LogP contribution in [0.25, 0.3) is 66.0 Å². The van der Waals surface area contributed by atoms with Crippen molar-refractivity contribution in [2.24, 2.45) is 0 Å². The average Bonchev–Trinajstić information content (AvgIpc) is 3.79. The molecule has 0 bridgehead atoms. The Morgan fingerprint density at radius 3 is 1.43 bits per heavy atom. The molecule has 0 spiro atoms. The van der Waals surface area contributed by atoms with Crippen LogP contribution in [0, 0.1) is 41.5 Å². The molecule has 1 nitrogen and oxygen atoms in total. The number of benzene rings is 8. The number of aryl methyl sites for hydroxylation is 6. The summed E-state index contributed by atoms with van der Waals surface area (Å²) in [4.78, 5) is 0. The van der Waals surface area contributed by atoms with Crippen LogP contribution in [0.1, 0.15) is 156 Å². The van der Waals surface area contributed by atoms with E-state index in [1.54, 1.807) is 0 Å². The third-order valence-electron chi connectivity index (χ3n) is 17.6. The van der Waals surface area contributed by atoms with E-state index in [9.17, 15) is 0 Å². The van der Waals surface area contributed by atoms with Crippen LogP contribution in [-0.2, 0) is 21.7 Å². The monoisotopic (exact) mass is 938 g/mol. The second-order valence-corrected chi connectivity index (χ2v) is 26.9. The molecule has 0 saturated carbocycles. The molecule has 1 aromatic heterocycles. The highest BCUT2D eigenvalue weighted by molar-refractivity contribution is 6.94. The predicted octanol–water partition coefficient (Wildman–Crippen LogP) is 15.6. The zero-order valence-corrected chi connectivity index (χ0v) is 46.6. The van der Waals surface area contributed by atoms with Gasteiger partial charge in [0.25, 0.3) is 0 Å². The normalized spacial score (nSPS) is 15.2. The third kappa shape index (κ3) is 6.67. The van der Waals surface area contributed by atoms with Gasteiger partial charge in [-0.05, 0) is 176 Å². The predicted molar refractivity (Wildman–Crippen MR) is 317 cm³/mol. The van der Waals surface area contributed by atoms with Gasteiger partial charge in [-0.2, -0.15) is 0 Å². The van der Waals surface area contributed by atoms with E-state index in [2.05, 4.69) is 238 Å². The average molecular weight is 938 g/mol. The SMILES string of the molecule is Cc1cc(C)c(B2c3c(c4c(c5ccccc35)B(c3c(C)cc(C)cc3C)n3c5ccc(C(C)(C)C)cc5c5cc(C(C)(C)C)cc-4c53)-c3cc(C(C)(C)C)cc4c3C2c2ccc(C(C)(C)C)cc2-4)c(C)c1. The summed E-state index contributed by atoms with van der Waals surface area (Å²) in [6, 6.07) is 45.0. The van der Waals surface area contributed by atoms with E-state index in [-0.39, 0.29) is 41.0 Å². The molecular weight excluding hydrogens is 864 g/mol. The summed E-state index contributed by atoms with van der Waals surface area (Å²) in [5, 5.41) is 5.47. The summed E-state index contributed by atoms with van der Waals surface area (Å²) in [7, 11) is 0. The van der Waals surface area contributed by atoms with Crippen molar-refractivity contribution in [3.05, 3.63) is 176 Å². The lowest BCUT2D eigenvalue weighted by molar-refractivity contribution is 0.589. The highest BCUT2D eigenvalue weighted by Gasteiger charge is 2.50. The minimum Gasteiger partial charge on any atom is -0.375 e. The van der Waals surface area contributed by atoms with Gasteiger partial charge in [0, 0.05) is 27.4 Å². The highest BCUT2D eigenvalue weighted by Crippen LogP contribution is 2.57. The fourth-order valence-corrected chi connectivity index (χ4v) is 14.3. The van der Waals surface area contributed by atoms with Crippen molar-refractivity contribution in [1.29, 1.82) is 0 Å². The number of hydrogen-bond donors (Lipinski definition) is 0. The topological polar surface area (TPSA) is 4.93 Å². The molecular formula is C69H73B2N. The molecule has 8 aromatic carbocycles. The molecule has 1 unspecified atom stereocenters. The number of hydrogen-bond acceptors (Lipinski definition) is 0. The van der Waals surface area contributed by atoms with E-state index < -0.39 is 0 Å². The number of nitrogens with zero attached hydrogens (tertiary/aromatic N) is 1. The Hall–Kier alpha value is -6.05. The van der Waals surface area contributed by atoms with Crippen molar-refractivity contribution in [3.63, 3.8) is 0 Å². The van der Waals surface area contributed by atoms with Gasteiger partial charge in [-0.1, -0.05) is 212 Å². The van der Waals surface area contributed by atoms with E-state index in [0.29, 0.717) is 0 Å². The van der Waals surface area contributed by atoms with Crippen molar-refractivity contribution >= 4 is 68.0 Å². The summed E-state index contributed by atoms with van der Waals surface area (Å²) in [6.07, 6.45) is 0. The summed E-state index contributed by atoms with van der Waals surface area (Å²) < 4.78 is 2.81. The molecule has 1 atom stereocenters. The van der Waals surface area contributed by atoms with Gasteiger partial charge in [0.05, 0.1) is 0 Å². The van der Waals surface area contributed by atoms with Crippen LogP contribution in [-0.4, -0.2) is 18.0 Å². The van der Waals surface area contributed by atoms with Gasteiger partial charge in [-0.25, -0.2) is 0 Å². The first-order valence-electron chi connectivity index (χ1n) is 26.9. The Morgan fingerprint density at radius 2 is 0.847 bits per heavy atom. The molecule has 3 heteroatoms. The lowest BCUT2D eigenvalue weighted by atomic mass is 9.27. The Balaban J connectivity index is 1.38. The second-order valence-electron chi connectivity index (χ2n) is 26.9. The Bertz CT molecular complexity index is 3820. The van der Waals surface area contributed by atoms with Crippen molar-refractivity contribution in [2.75, 3.05) is 0 Å². The molecule has 360 valence electrons. The minimum absolute atomic E-state index is 0.00347. The van der Waals surface area contributed by atoms with Gasteiger partial charge in [-0.3, -0.25) is 0 Å². The largest absolute Gasteiger partial charge is 0.375 e. The Labute approximate surface area is 431 Å². The highest BCUT2D eigenvalue weighted by atomic mass is 14.9. The Morgan fingerprint density at radius 1 is 0.389 bits per heavy atom. The molecule has 1 aliphatic carbocycles. The maximum Gasteiger partial charge on any atom is 0.330 e. The maximum absolute atomic E-state index is 2.81. The van der Waals surface area contributed by atoms with Crippen LogP contribution in [0.3, 0.4) is 0 Å². The summed E-state index contributed by atoms with van der Waals surface area (Å²) >= 11 is 0. The summed E-state index contributed by atoms with van der Waals surface area (Å²) in [6.45, 7) is 42.8. The molecule has 0 radical (unpaired) electrons. The summed E-state index contributed by atoms with van der Waals surface area (Å²) in [5.74, 6) is 0.145. The van der Waals surface area contributed by atoms with Crippen LogP contribution in [0.2, 0.25) is 0 Å². The van der Waals surface area contributed by atoms with E-state index in [1.807, 2.05) is 0 Å². The zero-order chi connectivity index (χ0) is 51.2. The molecule has 3 aliphatic rings.